The van der Waals surface area contributed by atoms with E-state index in [1.165, 1.54) is 6.42 Å². The highest BCUT2D eigenvalue weighted by molar-refractivity contribution is 8.14. The fraction of sp³-hybridized carbons (Fsp3) is 0.440. The lowest BCUT2D eigenvalue weighted by molar-refractivity contribution is -0.128. The van der Waals surface area contributed by atoms with Crippen molar-refractivity contribution in [2.24, 2.45) is 11.3 Å². The molecule has 1 saturated carbocycles. The van der Waals surface area contributed by atoms with Crippen molar-refractivity contribution in [3.8, 4) is 0 Å². The van der Waals surface area contributed by atoms with E-state index in [-0.39, 0.29) is 22.0 Å². The third-order valence-corrected chi connectivity index (χ3v) is 7.59. The molecule has 3 rings (SSSR count). The van der Waals surface area contributed by atoms with Crippen molar-refractivity contribution in [1.82, 2.24) is 0 Å². The molecule has 1 N–H and O–H groups in total. The lowest BCUT2D eigenvalue weighted by Gasteiger charge is -2.36. The highest BCUT2D eigenvalue weighted by Gasteiger charge is 2.39. The number of nitrogens with one attached hydrogen (secondary N) is 1. The smallest absolute Gasteiger partial charge is 0.230 e. The van der Waals surface area contributed by atoms with Crippen molar-refractivity contribution < 1.29 is 9.59 Å². The van der Waals surface area contributed by atoms with Crippen LogP contribution in [0.4, 0.5) is 5.69 Å². The van der Waals surface area contributed by atoms with Crippen molar-refractivity contribution in [2.45, 2.75) is 63.7 Å². The fourth-order valence-corrected chi connectivity index (χ4v) is 5.72. The minimum Gasteiger partial charge on any atom is -0.325 e. The molecule has 6 heteroatoms. The summed E-state index contributed by atoms with van der Waals surface area (Å²) in [5.41, 5.74) is 0.622. The summed E-state index contributed by atoms with van der Waals surface area (Å²) in [6, 6.07) is 12.4. The van der Waals surface area contributed by atoms with Crippen molar-refractivity contribution in [3.05, 3.63) is 58.1 Å². The maximum absolute atomic E-state index is 13.5. The number of thioether (sulfide) groups is 1. The van der Waals surface area contributed by atoms with Crippen LogP contribution in [0.15, 0.2) is 47.4 Å². The number of benzene rings is 2. The molecule has 0 aromatic heterocycles. The average molecular weight is 478 g/mol. The van der Waals surface area contributed by atoms with Crippen LogP contribution in [0, 0.1) is 11.3 Å². The number of carbonyl (C=O) groups excluding carboxylic acids is 2. The van der Waals surface area contributed by atoms with E-state index in [0.717, 1.165) is 50.3 Å². The van der Waals surface area contributed by atoms with E-state index in [0.29, 0.717) is 26.5 Å². The van der Waals surface area contributed by atoms with E-state index in [1.807, 2.05) is 24.3 Å². The Morgan fingerprint density at radius 1 is 1.00 bits per heavy atom. The summed E-state index contributed by atoms with van der Waals surface area (Å²) in [6.45, 7) is 4.40. The highest BCUT2D eigenvalue weighted by atomic mass is 35.5. The zero-order valence-corrected chi connectivity index (χ0v) is 20.4. The molecule has 0 radical (unpaired) electrons. The summed E-state index contributed by atoms with van der Waals surface area (Å²) < 4.78 is 0. The second-order valence-electron chi connectivity index (χ2n) is 8.71. The van der Waals surface area contributed by atoms with Gasteiger partial charge in [-0.05, 0) is 67.6 Å². The van der Waals surface area contributed by atoms with E-state index in [2.05, 4.69) is 19.2 Å². The molecule has 0 atom stereocenters. The predicted octanol–water partition coefficient (Wildman–Crippen LogP) is 8.25. The molecule has 2 aromatic rings. The first-order valence-electron chi connectivity index (χ1n) is 10.9. The van der Waals surface area contributed by atoms with Crippen LogP contribution in [-0.2, 0) is 4.79 Å². The SMILES string of the molecule is CC(C)CCC1(C(=O)Nc2ccccc2SC(=O)c2c(Cl)cccc2Cl)CCCCC1. The van der Waals surface area contributed by atoms with Crippen molar-refractivity contribution in [1.29, 1.82) is 0 Å². The minimum absolute atomic E-state index is 0.0733. The average Bonchev–Trinajstić information content (AvgIpc) is 2.74. The van der Waals surface area contributed by atoms with Gasteiger partial charge < -0.3 is 5.32 Å². The molecule has 0 bridgehead atoms. The number of anilines is 1. The van der Waals surface area contributed by atoms with E-state index >= 15 is 0 Å². The molecule has 1 amide bonds. The van der Waals surface area contributed by atoms with Gasteiger partial charge >= 0.3 is 0 Å². The number of amides is 1. The normalized spacial score (nSPS) is 15.6. The molecular weight excluding hydrogens is 449 g/mol. The highest BCUT2D eigenvalue weighted by Crippen LogP contribution is 2.43. The Kier molecular flexibility index (Phi) is 8.49. The van der Waals surface area contributed by atoms with Crippen LogP contribution in [0.25, 0.3) is 0 Å². The molecule has 0 unspecified atom stereocenters. The summed E-state index contributed by atoms with van der Waals surface area (Å²) in [6.07, 6.45) is 7.16. The molecule has 1 aliphatic rings. The third-order valence-electron chi connectivity index (χ3n) is 6.00. The van der Waals surface area contributed by atoms with Gasteiger partial charge in [0.15, 0.2) is 0 Å². The van der Waals surface area contributed by atoms with Gasteiger partial charge in [0.05, 0.1) is 21.3 Å². The molecule has 0 heterocycles. The van der Waals surface area contributed by atoms with Gasteiger partial charge in [-0.1, -0.05) is 74.5 Å². The summed E-state index contributed by atoms with van der Waals surface area (Å²) in [5.74, 6) is 0.636. The molecule has 0 aliphatic heterocycles. The maximum atomic E-state index is 13.5. The van der Waals surface area contributed by atoms with Gasteiger partial charge in [0.25, 0.3) is 0 Å². The molecule has 0 spiro atoms. The molecule has 2 aromatic carbocycles. The minimum atomic E-state index is -0.323. The first-order valence-corrected chi connectivity index (χ1v) is 12.5. The fourth-order valence-electron chi connectivity index (χ4n) is 4.14. The molecule has 1 fully saturated rings. The van der Waals surface area contributed by atoms with Crippen LogP contribution < -0.4 is 5.32 Å². The van der Waals surface area contributed by atoms with Crippen molar-refractivity contribution in [2.75, 3.05) is 5.32 Å². The lowest BCUT2D eigenvalue weighted by Crippen LogP contribution is -2.38. The van der Waals surface area contributed by atoms with Crippen LogP contribution >= 0.6 is 35.0 Å². The van der Waals surface area contributed by atoms with Gasteiger partial charge in [0.2, 0.25) is 11.0 Å². The Morgan fingerprint density at radius 2 is 1.65 bits per heavy atom. The lowest BCUT2D eigenvalue weighted by atomic mass is 9.69. The van der Waals surface area contributed by atoms with Gasteiger partial charge in [0.1, 0.15) is 0 Å². The van der Waals surface area contributed by atoms with Gasteiger partial charge in [-0.2, -0.15) is 0 Å². The molecular formula is C25H29Cl2NO2S. The van der Waals surface area contributed by atoms with Gasteiger partial charge in [0, 0.05) is 10.3 Å². The second kappa shape index (κ2) is 10.9. The first kappa shape index (κ1) is 24.2. The van der Waals surface area contributed by atoms with Crippen LogP contribution in [0.5, 0.6) is 0 Å². The zero-order chi connectivity index (χ0) is 22.4. The van der Waals surface area contributed by atoms with Gasteiger partial charge in [-0.25, -0.2) is 0 Å². The van der Waals surface area contributed by atoms with E-state index in [1.54, 1.807) is 18.2 Å². The maximum Gasteiger partial charge on any atom is 0.230 e. The second-order valence-corrected chi connectivity index (χ2v) is 10.5. The quantitative estimate of drug-likeness (QED) is 0.408. The number of halogens is 2. The summed E-state index contributed by atoms with van der Waals surface area (Å²) in [5, 5.41) is 3.55. The van der Waals surface area contributed by atoms with Crippen LogP contribution in [-0.4, -0.2) is 11.0 Å². The van der Waals surface area contributed by atoms with Crippen molar-refractivity contribution in [3.63, 3.8) is 0 Å². The first-order chi connectivity index (χ1) is 14.8. The number of carbonyl (C=O) groups is 2. The Balaban J connectivity index is 1.81. The Bertz CT molecular complexity index is 919. The van der Waals surface area contributed by atoms with E-state index in [4.69, 9.17) is 23.2 Å². The van der Waals surface area contributed by atoms with E-state index < -0.39 is 0 Å². The summed E-state index contributed by atoms with van der Waals surface area (Å²) in [4.78, 5) is 27.1. The standard InChI is InChI=1S/C25H29Cl2NO2S/c1-17(2)13-16-25(14-6-3-7-15-25)24(30)28-20-11-4-5-12-21(20)31-23(29)22-18(26)9-8-10-19(22)27/h4-5,8-12,17H,3,6-7,13-16H2,1-2H3,(H,28,30). The number of rotatable bonds is 7. The predicted molar refractivity (Wildman–Crippen MR) is 131 cm³/mol. The van der Waals surface area contributed by atoms with Crippen molar-refractivity contribution >= 4 is 51.7 Å². The monoisotopic (exact) mass is 477 g/mol. The number of hydrogen-bond acceptors (Lipinski definition) is 3. The number of hydrogen-bond donors (Lipinski definition) is 1. The largest absolute Gasteiger partial charge is 0.325 e. The summed E-state index contributed by atoms with van der Waals surface area (Å²) in [7, 11) is 0. The topological polar surface area (TPSA) is 46.2 Å². The van der Waals surface area contributed by atoms with E-state index in [9.17, 15) is 9.59 Å². The van der Waals surface area contributed by atoms with Crippen LogP contribution in [0.3, 0.4) is 0 Å². The molecule has 1 aliphatic carbocycles. The molecule has 31 heavy (non-hydrogen) atoms. The van der Waals surface area contributed by atoms with Gasteiger partial charge in [-0.3, -0.25) is 9.59 Å². The zero-order valence-electron chi connectivity index (χ0n) is 18.0. The Hall–Kier alpha value is -1.49. The Morgan fingerprint density at radius 3 is 2.29 bits per heavy atom. The number of para-hydroxylation sites is 1. The van der Waals surface area contributed by atoms with Gasteiger partial charge in [-0.15, -0.1) is 0 Å². The van der Waals surface area contributed by atoms with Crippen LogP contribution in [0.2, 0.25) is 10.0 Å². The third kappa shape index (κ3) is 6.06. The molecule has 0 saturated heterocycles. The molecule has 3 nitrogen and oxygen atoms in total. The molecule has 166 valence electrons. The Labute approximate surface area is 199 Å². The summed E-state index contributed by atoms with van der Waals surface area (Å²) >= 11 is 13.4. The van der Waals surface area contributed by atoms with Crippen LogP contribution in [0.1, 0.15) is 69.2 Å².